The maximum absolute atomic E-state index is 5.20. The first-order chi connectivity index (χ1) is 15.0. The number of hydrogen-bond donors (Lipinski definition) is 0. The van der Waals surface area contributed by atoms with Gasteiger partial charge in [-0.3, -0.25) is 0 Å². The number of fused-ring (bicyclic) bond motifs is 6. The van der Waals surface area contributed by atoms with Crippen LogP contribution in [0.5, 0.6) is 0 Å². The summed E-state index contributed by atoms with van der Waals surface area (Å²) in [5.41, 5.74) is 3.36. The Hall–Kier alpha value is -3.08. The van der Waals surface area contributed by atoms with Gasteiger partial charge in [-0.2, -0.15) is 0 Å². The smallest absolute Gasteiger partial charge is 0.124 e. The van der Waals surface area contributed by atoms with Crippen LogP contribution >= 0.6 is 11.3 Å². The van der Waals surface area contributed by atoms with Crippen molar-refractivity contribution in [3.8, 4) is 11.3 Å². The summed E-state index contributed by atoms with van der Waals surface area (Å²) < 4.78 is 1.27. The van der Waals surface area contributed by atoms with Gasteiger partial charge in [0.1, 0.15) is 4.83 Å². The monoisotopic (exact) mass is 434 g/mol. The van der Waals surface area contributed by atoms with Crippen LogP contribution in [0.3, 0.4) is 0 Å². The molecule has 0 aliphatic rings. The van der Waals surface area contributed by atoms with Crippen molar-refractivity contribution >= 4 is 66.6 Å². The van der Waals surface area contributed by atoms with Gasteiger partial charge >= 0.3 is 0 Å². The van der Waals surface area contributed by atoms with Crippen LogP contribution in [-0.4, -0.2) is 18.0 Å². The maximum atomic E-state index is 5.20. The van der Waals surface area contributed by atoms with Crippen LogP contribution in [-0.2, 0) is 0 Å². The largest absolute Gasteiger partial charge is 0.248 e. The molecule has 0 unspecified atom stereocenters. The Morgan fingerprint density at radius 2 is 1.58 bits per heavy atom. The van der Waals surface area contributed by atoms with Gasteiger partial charge < -0.3 is 0 Å². The third kappa shape index (κ3) is 2.90. The van der Waals surface area contributed by atoms with Crippen molar-refractivity contribution in [2.24, 2.45) is 0 Å². The SMILES string of the molecule is C[Si](C)(C)c1cc(-c2cccc3c2sc2ncccc23)nc2ccc3ccccc3c12. The van der Waals surface area contributed by atoms with Gasteiger partial charge in [-0.15, -0.1) is 11.3 Å². The fourth-order valence-corrected chi connectivity index (χ4v) is 7.32. The van der Waals surface area contributed by atoms with Crippen molar-refractivity contribution in [1.82, 2.24) is 9.97 Å². The van der Waals surface area contributed by atoms with E-state index < -0.39 is 8.07 Å². The molecule has 0 radical (unpaired) electrons. The molecule has 0 saturated carbocycles. The summed E-state index contributed by atoms with van der Waals surface area (Å²) in [4.78, 5) is 10.9. The second kappa shape index (κ2) is 6.71. The molecule has 6 aromatic rings. The Morgan fingerprint density at radius 3 is 2.45 bits per heavy atom. The van der Waals surface area contributed by atoms with E-state index in [2.05, 4.69) is 91.4 Å². The Balaban J connectivity index is 1.72. The van der Waals surface area contributed by atoms with E-state index in [0.717, 1.165) is 16.0 Å². The molecule has 4 heteroatoms. The lowest BCUT2D eigenvalue weighted by Gasteiger charge is -2.22. The van der Waals surface area contributed by atoms with E-state index in [4.69, 9.17) is 4.98 Å². The van der Waals surface area contributed by atoms with Gasteiger partial charge in [0.2, 0.25) is 0 Å². The number of thiophene rings is 1. The number of pyridine rings is 2. The van der Waals surface area contributed by atoms with E-state index in [0.29, 0.717) is 0 Å². The molecule has 3 aromatic carbocycles. The van der Waals surface area contributed by atoms with Crippen LogP contribution in [0.4, 0.5) is 0 Å². The molecule has 3 heterocycles. The zero-order chi connectivity index (χ0) is 21.2. The second-order valence-corrected chi connectivity index (χ2v) is 15.2. The Morgan fingerprint density at radius 1 is 0.774 bits per heavy atom. The van der Waals surface area contributed by atoms with Crippen molar-refractivity contribution in [1.29, 1.82) is 0 Å². The van der Waals surface area contributed by atoms with Crippen molar-refractivity contribution < 1.29 is 0 Å². The van der Waals surface area contributed by atoms with Gasteiger partial charge in [0, 0.05) is 32.6 Å². The number of rotatable bonds is 2. The maximum Gasteiger partial charge on any atom is 0.124 e. The lowest BCUT2D eigenvalue weighted by Crippen LogP contribution is -2.38. The molecule has 0 N–H and O–H groups in total. The zero-order valence-corrected chi connectivity index (χ0v) is 19.6. The van der Waals surface area contributed by atoms with Crippen LogP contribution < -0.4 is 5.19 Å². The Labute approximate surface area is 186 Å². The summed E-state index contributed by atoms with van der Waals surface area (Å²) in [6, 6.07) is 26.2. The summed E-state index contributed by atoms with van der Waals surface area (Å²) in [5, 5.41) is 7.87. The van der Waals surface area contributed by atoms with Gasteiger partial charge in [0.15, 0.2) is 0 Å². The standard InChI is InChI=1S/C27H22N2SSi/c1-31(2,3)24-16-23(29-22-14-13-17-8-4-5-9-18(17)25(22)24)21-11-6-10-19-20-12-7-15-28-27(20)30-26(19)21/h4-16H,1-3H3. The van der Waals surface area contributed by atoms with Crippen molar-refractivity contribution in [3.05, 3.63) is 79.0 Å². The lowest BCUT2D eigenvalue weighted by atomic mass is 10.0. The summed E-state index contributed by atoms with van der Waals surface area (Å²) in [7, 11) is -1.63. The molecule has 0 fully saturated rings. The van der Waals surface area contributed by atoms with E-state index in [1.165, 1.54) is 42.4 Å². The summed E-state index contributed by atoms with van der Waals surface area (Å²) in [5.74, 6) is 0. The molecule has 0 atom stereocenters. The molecule has 0 saturated heterocycles. The first kappa shape index (κ1) is 18.7. The van der Waals surface area contributed by atoms with Gasteiger partial charge in [-0.05, 0) is 40.2 Å². The molecule has 2 nitrogen and oxygen atoms in total. The molecule has 0 aliphatic heterocycles. The molecule has 6 rings (SSSR count). The van der Waals surface area contributed by atoms with Gasteiger partial charge in [0.05, 0.1) is 19.3 Å². The molecule has 0 aliphatic carbocycles. The second-order valence-electron chi connectivity index (χ2n) is 9.13. The van der Waals surface area contributed by atoms with Gasteiger partial charge in [-0.1, -0.05) is 68.2 Å². The van der Waals surface area contributed by atoms with Crippen LogP contribution in [0.15, 0.2) is 79.0 Å². The van der Waals surface area contributed by atoms with E-state index in [-0.39, 0.29) is 0 Å². The number of nitrogens with zero attached hydrogens (tertiary/aromatic N) is 2. The average molecular weight is 435 g/mol. The van der Waals surface area contributed by atoms with Crippen LogP contribution in [0, 0.1) is 0 Å². The normalized spacial score (nSPS) is 12.4. The van der Waals surface area contributed by atoms with E-state index >= 15 is 0 Å². The third-order valence-corrected chi connectivity index (χ3v) is 9.23. The van der Waals surface area contributed by atoms with Crippen molar-refractivity contribution in [3.63, 3.8) is 0 Å². The summed E-state index contributed by atoms with van der Waals surface area (Å²) in [6.45, 7) is 7.28. The fourth-order valence-electron chi connectivity index (χ4n) is 4.57. The van der Waals surface area contributed by atoms with Crippen LogP contribution in [0.2, 0.25) is 19.6 Å². The number of aromatic nitrogens is 2. The topological polar surface area (TPSA) is 25.8 Å². The predicted octanol–water partition coefficient (Wildman–Crippen LogP) is 7.36. The minimum absolute atomic E-state index is 1.07. The quantitative estimate of drug-likeness (QED) is 0.210. The average Bonchev–Trinajstić information content (AvgIpc) is 3.16. The third-order valence-electron chi connectivity index (χ3n) is 6.06. The highest BCUT2D eigenvalue weighted by Gasteiger charge is 2.23. The first-order valence-corrected chi connectivity index (χ1v) is 14.9. The highest BCUT2D eigenvalue weighted by atomic mass is 32.1. The van der Waals surface area contributed by atoms with Crippen LogP contribution in [0.25, 0.3) is 53.2 Å². The van der Waals surface area contributed by atoms with Gasteiger partial charge in [-0.25, -0.2) is 9.97 Å². The van der Waals surface area contributed by atoms with E-state index in [1.54, 1.807) is 11.3 Å². The minimum atomic E-state index is -1.63. The molecular weight excluding hydrogens is 412 g/mol. The first-order valence-electron chi connectivity index (χ1n) is 10.6. The van der Waals surface area contributed by atoms with Crippen molar-refractivity contribution in [2.75, 3.05) is 0 Å². The molecule has 0 bridgehead atoms. The van der Waals surface area contributed by atoms with Gasteiger partial charge in [0.25, 0.3) is 0 Å². The Bertz CT molecular complexity index is 1630. The molecule has 31 heavy (non-hydrogen) atoms. The highest BCUT2D eigenvalue weighted by molar-refractivity contribution is 7.26. The molecular formula is C27H22N2SSi. The molecule has 0 spiro atoms. The Kier molecular flexibility index (Phi) is 4.04. The molecule has 150 valence electrons. The highest BCUT2D eigenvalue weighted by Crippen LogP contribution is 2.39. The van der Waals surface area contributed by atoms with Crippen molar-refractivity contribution in [2.45, 2.75) is 19.6 Å². The number of benzene rings is 3. The van der Waals surface area contributed by atoms with Crippen LogP contribution in [0.1, 0.15) is 0 Å². The predicted molar refractivity (Wildman–Crippen MR) is 138 cm³/mol. The minimum Gasteiger partial charge on any atom is -0.248 e. The molecule has 0 amide bonds. The van der Waals surface area contributed by atoms with E-state index in [9.17, 15) is 0 Å². The summed E-state index contributed by atoms with van der Waals surface area (Å²) in [6.07, 6.45) is 1.88. The molecule has 3 aromatic heterocycles. The fraction of sp³-hybridized carbons (Fsp3) is 0.111. The lowest BCUT2D eigenvalue weighted by molar-refractivity contribution is 1.42. The number of hydrogen-bond acceptors (Lipinski definition) is 3. The zero-order valence-electron chi connectivity index (χ0n) is 17.8. The summed E-state index contributed by atoms with van der Waals surface area (Å²) >= 11 is 1.76. The van der Waals surface area contributed by atoms with E-state index in [1.807, 2.05) is 12.3 Å².